The van der Waals surface area contributed by atoms with Gasteiger partial charge in [0.15, 0.2) is 0 Å². The van der Waals surface area contributed by atoms with Crippen molar-refractivity contribution in [2.75, 3.05) is 0 Å². The lowest BCUT2D eigenvalue weighted by molar-refractivity contribution is 0.222. The highest BCUT2D eigenvalue weighted by atomic mass is 14.3. The zero-order valence-electron chi connectivity index (χ0n) is 13.3. The molecule has 0 aromatic rings. The van der Waals surface area contributed by atoms with E-state index in [4.69, 9.17) is 0 Å². The number of rotatable bonds is 10. The molecule has 0 saturated heterocycles. The number of hydrogen-bond donors (Lipinski definition) is 0. The van der Waals surface area contributed by atoms with Gasteiger partial charge < -0.3 is 0 Å². The minimum atomic E-state index is 0.875. The lowest BCUT2D eigenvalue weighted by Gasteiger charge is -2.28. The normalized spacial score (nSPS) is 17.1. The van der Waals surface area contributed by atoms with Crippen LogP contribution in [0.4, 0.5) is 0 Å². The van der Waals surface area contributed by atoms with E-state index in [9.17, 15) is 0 Å². The maximum absolute atomic E-state index is 2.49. The predicted octanol–water partition coefficient (Wildman–Crippen LogP) is 6.30. The summed E-state index contributed by atoms with van der Waals surface area (Å²) < 4.78 is 0. The maximum atomic E-state index is 2.49. The van der Waals surface area contributed by atoms with E-state index < -0.39 is 0 Å². The summed E-state index contributed by atoms with van der Waals surface area (Å²) in [5.74, 6) is 3.67. The average Bonchev–Trinajstić information content (AvgIpc) is 2.30. The first-order valence-electron chi connectivity index (χ1n) is 8.02. The molecule has 0 radical (unpaired) electrons. The third-order valence-electron chi connectivity index (χ3n) is 4.53. The van der Waals surface area contributed by atoms with Crippen molar-refractivity contribution < 1.29 is 0 Å². The first kappa shape index (κ1) is 17.0. The van der Waals surface area contributed by atoms with Crippen LogP contribution in [-0.4, -0.2) is 0 Å². The Morgan fingerprint density at radius 1 is 0.765 bits per heavy atom. The van der Waals surface area contributed by atoms with Gasteiger partial charge in [-0.1, -0.05) is 86.5 Å². The van der Waals surface area contributed by atoms with Crippen LogP contribution in [0, 0.1) is 23.7 Å². The summed E-state index contributed by atoms with van der Waals surface area (Å²) in [6.45, 7) is 14.3. The van der Waals surface area contributed by atoms with Gasteiger partial charge in [-0.3, -0.25) is 0 Å². The highest BCUT2D eigenvalue weighted by Gasteiger charge is 2.20. The molecule has 3 atom stereocenters. The minimum Gasteiger partial charge on any atom is -0.0654 e. The molecule has 0 nitrogen and oxygen atoms in total. The van der Waals surface area contributed by atoms with Crippen molar-refractivity contribution in [1.29, 1.82) is 0 Å². The summed E-state index contributed by atoms with van der Waals surface area (Å²) in [4.78, 5) is 0. The largest absolute Gasteiger partial charge is 0.0654 e. The third kappa shape index (κ3) is 7.84. The second-order valence-corrected chi connectivity index (χ2v) is 6.47. The van der Waals surface area contributed by atoms with E-state index in [2.05, 4.69) is 41.5 Å². The predicted molar refractivity (Wildman–Crippen MR) is 80.3 cm³/mol. The SMILES string of the molecule is CCCCC(C)C(C)C(CC)CCCC(C)C. The van der Waals surface area contributed by atoms with E-state index in [1.807, 2.05) is 0 Å². The molecule has 17 heavy (non-hydrogen) atoms. The van der Waals surface area contributed by atoms with Crippen LogP contribution in [0.2, 0.25) is 0 Å². The Morgan fingerprint density at radius 2 is 1.41 bits per heavy atom. The van der Waals surface area contributed by atoms with Crippen molar-refractivity contribution in [2.45, 2.75) is 86.5 Å². The summed E-state index contributed by atoms with van der Waals surface area (Å²) in [6, 6.07) is 0. The van der Waals surface area contributed by atoms with E-state index in [0.717, 1.165) is 23.7 Å². The molecule has 0 aliphatic heterocycles. The van der Waals surface area contributed by atoms with Crippen LogP contribution in [0.3, 0.4) is 0 Å². The smallest absolute Gasteiger partial charge is 0.0389 e. The van der Waals surface area contributed by atoms with Crippen LogP contribution in [0.1, 0.15) is 86.5 Å². The lowest BCUT2D eigenvalue weighted by Crippen LogP contribution is -2.19. The fourth-order valence-electron chi connectivity index (χ4n) is 2.88. The Kier molecular flexibility index (Phi) is 9.97. The molecule has 0 N–H and O–H groups in total. The van der Waals surface area contributed by atoms with Gasteiger partial charge in [0.1, 0.15) is 0 Å². The van der Waals surface area contributed by atoms with Crippen molar-refractivity contribution in [1.82, 2.24) is 0 Å². The van der Waals surface area contributed by atoms with Crippen LogP contribution in [0.25, 0.3) is 0 Å². The van der Waals surface area contributed by atoms with Crippen molar-refractivity contribution in [3.63, 3.8) is 0 Å². The molecule has 0 heterocycles. The first-order chi connectivity index (χ1) is 8.02. The first-order valence-corrected chi connectivity index (χ1v) is 8.02. The fourth-order valence-corrected chi connectivity index (χ4v) is 2.88. The Labute approximate surface area is 111 Å². The lowest BCUT2D eigenvalue weighted by atomic mass is 9.77. The van der Waals surface area contributed by atoms with Gasteiger partial charge in [-0.05, 0) is 23.7 Å². The Morgan fingerprint density at radius 3 is 1.88 bits per heavy atom. The van der Waals surface area contributed by atoms with E-state index in [0.29, 0.717) is 0 Å². The second kappa shape index (κ2) is 9.97. The molecule has 0 aliphatic rings. The van der Waals surface area contributed by atoms with E-state index in [-0.39, 0.29) is 0 Å². The van der Waals surface area contributed by atoms with Crippen LogP contribution in [0.5, 0.6) is 0 Å². The monoisotopic (exact) mass is 240 g/mol. The molecule has 3 unspecified atom stereocenters. The van der Waals surface area contributed by atoms with E-state index >= 15 is 0 Å². The summed E-state index contributed by atoms with van der Waals surface area (Å²) in [6.07, 6.45) is 9.85. The zero-order valence-corrected chi connectivity index (χ0v) is 13.3. The molecule has 0 saturated carbocycles. The molecule has 0 spiro atoms. The van der Waals surface area contributed by atoms with Crippen molar-refractivity contribution in [2.24, 2.45) is 23.7 Å². The Balaban J connectivity index is 3.96. The van der Waals surface area contributed by atoms with Gasteiger partial charge in [0.25, 0.3) is 0 Å². The van der Waals surface area contributed by atoms with Crippen LogP contribution in [0.15, 0.2) is 0 Å². The highest BCUT2D eigenvalue weighted by Crippen LogP contribution is 2.31. The molecule has 0 aromatic carbocycles. The molecule has 0 amide bonds. The van der Waals surface area contributed by atoms with Crippen molar-refractivity contribution in [3.05, 3.63) is 0 Å². The number of hydrogen-bond acceptors (Lipinski definition) is 0. The molecule has 0 bridgehead atoms. The molecule has 0 aromatic heterocycles. The minimum absolute atomic E-state index is 0.875. The Bertz CT molecular complexity index is 159. The van der Waals surface area contributed by atoms with E-state index in [1.165, 1.54) is 44.9 Å². The molecule has 0 heteroatoms. The fraction of sp³-hybridized carbons (Fsp3) is 1.00. The van der Waals surface area contributed by atoms with Crippen molar-refractivity contribution in [3.8, 4) is 0 Å². The highest BCUT2D eigenvalue weighted by molar-refractivity contribution is 4.71. The molecule has 0 rings (SSSR count). The number of unbranched alkanes of at least 4 members (excludes halogenated alkanes) is 1. The average molecular weight is 240 g/mol. The van der Waals surface area contributed by atoms with Crippen LogP contribution < -0.4 is 0 Å². The van der Waals surface area contributed by atoms with Gasteiger partial charge in [-0.2, -0.15) is 0 Å². The quantitative estimate of drug-likeness (QED) is 0.420. The maximum Gasteiger partial charge on any atom is -0.0389 e. The van der Waals surface area contributed by atoms with Gasteiger partial charge in [-0.15, -0.1) is 0 Å². The third-order valence-corrected chi connectivity index (χ3v) is 4.53. The summed E-state index contributed by atoms with van der Waals surface area (Å²) in [5, 5.41) is 0. The molecular formula is C17H36. The Hall–Kier alpha value is 0. The molecule has 104 valence electrons. The molecular weight excluding hydrogens is 204 g/mol. The van der Waals surface area contributed by atoms with Crippen LogP contribution in [-0.2, 0) is 0 Å². The van der Waals surface area contributed by atoms with E-state index in [1.54, 1.807) is 0 Å². The summed E-state index contributed by atoms with van der Waals surface area (Å²) in [7, 11) is 0. The zero-order chi connectivity index (χ0) is 13.3. The van der Waals surface area contributed by atoms with Gasteiger partial charge in [-0.25, -0.2) is 0 Å². The summed E-state index contributed by atoms with van der Waals surface area (Å²) >= 11 is 0. The van der Waals surface area contributed by atoms with Gasteiger partial charge >= 0.3 is 0 Å². The topological polar surface area (TPSA) is 0 Å². The van der Waals surface area contributed by atoms with Crippen molar-refractivity contribution >= 4 is 0 Å². The second-order valence-electron chi connectivity index (χ2n) is 6.47. The molecule has 0 aliphatic carbocycles. The standard InChI is InChI=1S/C17H36/c1-7-9-12-15(5)16(6)17(8-2)13-10-11-14(3)4/h14-17H,7-13H2,1-6H3. The van der Waals surface area contributed by atoms with Gasteiger partial charge in [0.2, 0.25) is 0 Å². The van der Waals surface area contributed by atoms with Gasteiger partial charge in [0, 0.05) is 0 Å². The molecule has 0 fully saturated rings. The van der Waals surface area contributed by atoms with Crippen LogP contribution >= 0.6 is 0 Å². The summed E-state index contributed by atoms with van der Waals surface area (Å²) in [5.41, 5.74) is 0. The van der Waals surface area contributed by atoms with Gasteiger partial charge in [0.05, 0.1) is 0 Å².